The molecule has 0 saturated heterocycles. The van der Waals surface area contributed by atoms with Gasteiger partial charge in [0.15, 0.2) is 0 Å². The van der Waals surface area contributed by atoms with E-state index in [9.17, 15) is 8.42 Å². The molecule has 2 aromatic carbocycles. The molecule has 0 aliphatic rings. The number of sulfonamides is 1. The summed E-state index contributed by atoms with van der Waals surface area (Å²) >= 11 is 1.28. The molecule has 7 heteroatoms. The Labute approximate surface area is 145 Å². The maximum Gasteiger partial charge on any atom is 0.238 e. The van der Waals surface area contributed by atoms with Gasteiger partial charge in [-0.1, -0.05) is 72.0 Å². The van der Waals surface area contributed by atoms with Crippen LogP contribution >= 0.6 is 11.3 Å². The lowest BCUT2D eigenvalue weighted by molar-refractivity contribution is 0.600. The van der Waals surface area contributed by atoms with E-state index in [-0.39, 0.29) is 5.75 Å². The molecule has 1 N–H and O–H groups in total. The molecule has 24 heavy (non-hydrogen) atoms. The van der Waals surface area contributed by atoms with Gasteiger partial charge in [0, 0.05) is 6.42 Å². The highest BCUT2D eigenvalue weighted by atomic mass is 32.2. The topological polar surface area (TPSA) is 72.0 Å². The average Bonchev–Trinajstić information content (AvgIpc) is 3.01. The van der Waals surface area contributed by atoms with Gasteiger partial charge in [-0.05, 0) is 17.5 Å². The molecule has 1 heterocycles. The molecular formula is C17H17N3O2S2. The third kappa shape index (κ3) is 4.87. The van der Waals surface area contributed by atoms with Gasteiger partial charge in [-0.15, -0.1) is 10.2 Å². The van der Waals surface area contributed by atoms with Gasteiger partial charge in [-0.3, -0.25) is 4.72 Å². The van der Waals surface area contributed by atoms with Gasteiger partial charge in [0.05, 0.1) is 5.75 Å². The number of aromatic nitrogens is 2. The fourth-order valence-corrected chi connectivity index (χ4v) is 4.40. The molecule has 124 valence electrons. The van der Waals surface area contributed by atoms with Gasteiger partial charge in [-0.25, -0.2) is 8.42 Å². The minimum absolute atomic E-state index is 0.0766. The first-order valence-electron chi connectivity index (χ1n) is 7.51. The predicted octanol–water partition coefficient (Wildman–Crippen LogP) is 3.27. The summed E-state index contributed by atoms with van der Waals surface area (Å²) in [6.07, 6.45) is 1.59. The molecule has 0 unspecified atom stereocenters. The highest BCUT2D eigenvalue weighted by molar-refractivity contribution is 7.92. The van der Waals surface area contributed by atoms with Crippen molar-refractivity contribution in [1.82, 2.24) is 10.2 Å². The van der Waals surface area contributed by atoms with Crippen LogP contribution in [-0.2, 0) is 28.6 Å². The Morgan fingerprint density at radius 3 is 2.12 bits per heavy atom. The third-order valence-electron chi connectivity index (χ3n) is 3.38. The summed E-state index contributed by atoms with van der Waals surface area (Å²) < 4.78 is 26.9. The second-order valence-corrected chi connectivity index (χ2v) is 8.12. The van der Waals surface area contributed by atoms with E-state index in [0.717, 1.165) is 23.4 Å². The van der Waals surface area contributed by atoms with Gasteiger partial charge < -0.3 is 0 Å². The molecule has 0 aliphatic heterocycles. The van der Waals surface area contributed by atoms with Crippen molar-refractivity contribution >= 4 is 26.5 Å². The molecule has 3 aromatic rings. The molecule has 0 saturated carbocycles. The number of nitrogens with zero attached hydrogens (tertiary/aromatic N) is 2. The standard InChI is InChI=1S/C17H17N3O2S2/c21-24(22,13-15-9-5-2-6-10-15)20-17-19-18-16(23-17)12-11-14-7-3-1-4-8-14/h1-10H,11-13H2,(H,19,20). The average molecular weight is 359 g/mol. The molecule has 0 fully saturated rings. The minimum Gasteiger partial charge on any atom is -0.257 e. The van der Waals surface area contributed by atoms with E-state index in [1.807, 2.05) is 36.4 Å². The highest BCUT2D eigenvalue weighted by Crippen LogP contribution is 2.19. The van der Waals surface area contributed by atoms with Gasteiger partial charge in [0.2, 0.25) is 15.2 Å². The van der Waals surface area contributed by atoms with Crippen LogP contribution in [0.1, 0.15) is 16.1 Å². The molecular weight excluding hydrogens is 342 g/mol. The summed E-state index contributed by atoms with van der Waals surface area (Å²) in [6.45, 7) is 0. The molecule has 0 amide bonds. The van der Waals surface area contributed by atoms with Crippen molar-refractivity contribution in [3.05, 3.63) is 76.8 Å². The summed E-state index contributed by atoms with van der Waals surface area (Å²) in [7, 11) is -3.48. The Hall–Kier alpha value is -2.25. The van der Waals surface area contributed by atoms with Gasteiger partial charge in [-0.2, -0.15) is 0 Å². The molecule has 0 bridgehead atoms. The van der Waals surface area contributed by atoms with Crippen molar-refractivity contribution in [2.45, 2.75) is 18.6 Å². The SMILES string of the molecule is O=S(=O)(Cc1ccccc1)Nc1nnc(CCc2ccccc2)s1. The quantitative estimate of drug-likeness (QED) is 0.703. The number of nitrogens with one attached hydrogen (secondary N) is 1. The van der Waals surface area contributed by atoms with Crippen molar-refractivity contribution < 1.29 is 8.42 Å². The Morgan fingerprint density at radius 1 is 0.833 bits per heavy atom. The second kappa shape index (κ2) is 7.55. The summed E-state index contributed by atoms with van der Waals surface area (Å²) in [5.41, 5.74) is 1.96. The predicted molar refractivity (Wildman–Crippen MR) is 96.4 cm³/mol. The van der Waals surface area contributed by atoms with Crippen molar-refractivity contribution in [3.8, 4) is 0 Å². The number of hydrogen-bond donors (Lipinski definition) is 1. The van der Waals surface area contributed by atoms with Crippen LogP contribution in [0.4, 0.5) is 5.13 Å². The lowest BCUT2D eigenvalue weighted by atomic mass is 10.1. The molecule has 0 spiro atoms. The van der Waals surface area contributed by atoms with Crippen molar-refractivity contribution in [1.29, 1.82) is 0 Å². The van der Waals surface area contributed by atoms with E-state index < -0.39 is 10.0 Å². The Kier molecular flexibility index (Phi) is 5.22. The van der Waals surface area contributed by atoms with Crippen LogP contribution in [0.15, 0.2) is 60.7 Å². The zero-order valence-electron chi connectivity index (χ0n) is 12.9. The van der Waals surface area contributed by atoms with E-state index in [2.05, 4.69) is 27.1 Å². The Bertz CT molecular complexity index is 878. The first kappa shape index (κ1) is 16.6. The van der Waals surface area contributed by atoms with Crippen molar-refractivity contribution in [3.63, 3.8) is 0 Å². The molecule has 5 nitrogen and oxygen atoms in total. The van der Waals surface area contributed by atoms with Crippen LogP contribution in [0, 0.1) is 0 Å². The zero-order valence-corrected chi connectivity index (χ0v) is 14.6. The van der Waals surface area contributed by atoms with Crippen LogP contribution in [0.25, 0.3) is 0 Å². The van der Waals surface area contributed by atoms with E-state index in [0.29, 0.717) is 5.13 Å². The fourth-order valence-electron chi connectivity index (χ4n) is 2.25. The van der Waals surface area contributed by atoms with Crippen LogP contribution in [0.3, 0.4) is 0 Å². The number of rotatable bonds is 7. The fraction of sp³-hybridized carbons (Fsp3) is 0.176. The number of hydrogen-bond acceptors (Lipinski definition) is 5. The van der Waals surface area contributed by atoms with Crippen LogP contribution in [0.5, 0.6) is 0 Å². The first-order valence-corrected chi connectivity index (χ1v) is 9.98. The lowest BCUT2D eigenvalue weighted by Gasteiger charge is -2.04. The zero-order chi connectivity index (χ0) is 16.8. The van der Waals surface area contributed by atoms with Crippen LogP contribution in [0.2, 0.25) is 0 Å². The van der Waals surface area contributed by atoms with Crippen LogP contribution < -0.4 is 4.72 Å². The smallest absolute Gasteiger partial charge is 0.238 e. The monoisotopic (exact) mass is 359 g/mol. The first-order chi connectivity index (χ1) is 11.6. The van der Waals surface area contributed by atoms with E-state index in [1.54, 1.807) is 12.1 Å². The summed E-state index contributed by atoms with van der Waals surface area (Å²) in [5.74, 6) is -0.0766. The van der Waals surface area contributed by atoms with E-state index >= 15 is 0 Å². The number of benzene rings is 2. The number of aryl methyl sites for hydroxylation is 2. The maximum absolute atomic E-state index is 12.2. The summed E-state index contributed by atoms with van der Waals surface area (Å²) in [5, 5.41) is 9.13. The lowest BCUT2D eigenvalue weighted by Crippen LogP contribution is -2.14. The number of anilines is 1. The summed E-state index contributed by atoms with van der Waals surface area (Å²) in [4.78, 5) is 0. The highest BCUT2D eigenvalue weighted by Gasteiger charge is 2.14. The van der Waals surface area contributed by atoms with E-state index in [1.165, 1.54) is 16.9 Å². The molecule has 0 atom stereocenters. The van der Waals surface area contributed by atoms with E-state index in [4.69, 9.17) is 0 Å². The normalized spacial score (nSPS) is 11.3. The Balaban J connectivity index is 1.59. The van der Waals surface area contributed by atoms with Gasteiger partial charge in [0.25, 0.3) is 0 Å². The largest absolute Gasteiger partial charge is 0.257 e. The van der Waals surface area contributed by atoms with Gasteiger partial charge in [0.1, 0.15) is 5.01 Å². The van der Waals surface area contributed by atoms with Crippen molar-refractivity contribution in [2.24, 2.45) is 0 Å². The molecule has 0 radical (unpaired) electrons. The third-order valence-corrected chi connectivity index (χ3v) is 5.62. The molecule has 3 rings (SSSR count). The molecule has 1 aromatic heterocycles. The Morgan fingerprint density at radius 2 is 1.46 bits per heavy atom. The second-order valence-electron chi connectivity index (χ2n) is 5.33. The maximum atomic E-state index is 12.2. The van der Waals surface area contributed by atoms with Crippen molar-refractivity contribution in [2.75, 3.05) is 4.72 Å². The van der Waals surface area contributed by atoms with Gasteiger partial charge >= 0.3 is 0 Å². The van der Waals surface area contributed by atoms with Crippen LogP contribution in [-0.4, -0.2) is 18.6 Å². The molecule has 0 aliphatic carbocycles. The minimum atomic E-state index is -3.48. The summed E-state index contributed by atoms with van der Waals surface area (Å²) in [6, 6.07) is 19.2.